The molecule has 1 saturated carbocycles. The summed E-state index contributed by atoms with van der Waals surface area (Å²) in [5, 5.41) is 7.19. The van der Waals surface area contributed by atoms with Crippen LogP contribution in [0.1, 0.15) is 42.9 Å². The van der Waals surface area contributed by atoms with Crippen molar-refractivity contribution in [1.29, 1.82) is 0 Å². The predicted molar refractivity (Wildman–Crippen MR) is 98.0 cm³/mol. The third-order valence-corrected chi connectivity index (χ3v) is 4.91. The molecular weight excluding hydrogens is 330 g/mol. The predicted octanol–water partition coefficient (Wildman–Crippen LogP) is 1.43. The molecule has 0 radical (unpaired) electrons. The molecule has 4 rings (SSSR count). The smallest absolute Gasteiger partial charge is 0.267 e. The number of aromatic nitrogens is 3. The molecule has 0 aromatic carbocycles. The average molecular weight is 353 g/mol. The molecule has 1 saturated heterocycles. The quantitative estimate of drug-likeness (QED) is 0.850. The lowest BCUT2D eigenvalue weighted by Gasteiger charge is -2.17. The van der Waals surface area contributed by atoms with Gasteiger partial charge >= 0.3 is 0 Å². The Morgan fingerprint density at radius 1 is 1.19 bits per heavy atom. The Bertz CT molecular complexity index is 853. The molecule has 2 fully saturated rings. The number of hydrogen-bond acceptors (Lipinski definition) is 5. The Labute approximate surface area is 152 Å². The van der Waals surface area contributed by atoms with E-state index in [0.717, 1.165) is 43.0 Å². The second kappa shape index (κ2) is 7.27. The third kappa shape index (κ3) is 3.92. The van der Waals surface area contributed by atoms with Gasteiger partial charge in [-0.2, -0.15) is 5.10 Å². The molecule has 7 heteroatoms. The summed E-state index contributed by atoms with van der Waals surface area (Å²) >= 11 is 0. The van der Waals surface area contributed by atoms with Crippen LogP contribution in [0.15, 0.2) is 35.3 Å². The summed E-state index contributed by atoms with van der Waals surface area (Å²) in [6.45, 7) is 2.44. The highest BCUT2D eigenvalue weighted by Crippen LogP contribution is 2.38. The van der Waals surface area contributed by atoms with Gasteiger partial charge in [0.15, 0.2) is 0 Å². The van der Waals surface area contributed by atoms with Crippen LogP contribution in [-0.4, -0.2) is 33.8 Å². The Morgan fingerprint density at radius 2 is 2.00 bits per heavy atom. The molecule has 2 aliphatic rings. The minimum absolute atomic E-state index is 0.0521. The molecular formula is C19H23N5O2. The first-order chi connectivity index (χ1) is 12.7. The lowest BCUT2D eigenvalue weighted by molar-refractivity contribution is -0.122. The lowest BCUT2D eigenvalue weighted by atomic mass is 10.2. The fourth-order valence-electron chi connectivity index (χ4n) is 3.26. The summed E-state index contributed by atoms with van der Waals surface area (Å²) in [6, 6.07) is 7.19. The van der Waals surface area contributed by atoms with E-state index in [9.17, 15) is 9.59 Å². The van der Waals surface area contributed by atoms with Gasteiger partial charge in [-0.1, -0.05) is 0 Å². The Morgan fingerprint density at radius 3 is 2.77 bits per heavy atom. The maximum atomic E-state index is 12.2. The van der Waals surface area contributed by atoms with Crippen molar-refractivity contribution >= 4 is 11.7 Å². The normalized spacial score (nSPS) is 16.7. The van der Waals surface area contributed by atoms with Gasteiger partial charge in [-0.25, -0.2) is 9.67 Å². The molecule has 1 aliphatic heterocycles. The topological polar surface area (TPSA) is 80.1 Å². The Balaban J connectivity index is 1.36. The average Bonchev–Trinajstić information content (AvgIpc) is 3.36. The molecule has 2 aromatic rings. The molecule has 0 unspecified atom stereocenters. The monoisotopic (exact) mass is 353 g/mol. The van der Waals surface area contributed by atoms with Crippen LogP contribution in [0, 0.1) is 0 Å². The maximum absolute atomic E-state index is 12.2. The van der Waals surface area contributed by atoms with Gasteiger partial charge in [0.05, 0.1) is 5.69 Å². The first-order valence-corrected chi connectivity index (χ1v) is 9.24. The van der Waals surface area contributed by atoms with Gasteiger partial charge in [0, 0.05) is 37.8 Å². The number of carbonyl (C=O) groups excluding carboxylic acids is 1. The molecule has 1 N–H and O–H groups in total. The number of pyridine rings is 1. The summed E-state index contributed by atoms with van der Waals surface area (Å²) in [7, 11) is 0. The summed E-state index contributed by atoms with van der Waals surface area (Å²) in [5.41, 5.74) is 1.66. The third-order valence-electron chi connectivity index (χ3n) is 4.91. The number of nitrogens with one attached hydrogen (secondary N) is 1. The van der Waals surface area contributed by atoms with Crippen LogP contribution < -0.4 is 15.8 Å². The first kappa shape index (κ1) is 16.8. The largest absolute Gasteiger partial charge is 0.357 e. The molecule has 0 spiro atoms. The van der Waals surface area contributed by atoms with Gasteiger partial charge in [-0.3, -0.25) is 9.59 Å². The van der Waals surface area contributed by atoms with Crippen molar-refractivity contribution in [3.63, 3.8) is 0 Å². The Kier molecular flexibility index (Phi) is 4.69. The van der Waals surface area contributed by atoms with Crippen LogP contribution in [-0.2, 0) is 17.9 Å². The number of hydrogen-bond donors (Lipinski definition) is 1. The zero-order valence-electron chi connectivity index (χ0n) is 14.7. The van der Waals surface area contributed by atoms with E-state index in [4.69, 9.17) is 0 Å². The first-order valence-electron chi connectivity index (χ1n) is 9.24. The highest BCUT2D eigenvalue weighted by molar-refractivity contribution is 5.75. The minimum Gasteiger partial charge on any atom is -0.357 e. The second-order valence-corrected chi connectivity index (χ2v) is 7.02. The zero-order chi connectivity index (χ0) is 17.9. The van der Waals surface area contributed by atoms with Crippen LogP contribution in [0.5, 0.6) is 0 Å². The second-order valence-electron chi connectivity index (χ2n) is 7.02. The van der Waals surface area contributed by atoms with Gasteiger partial charge in [-0.05, 0) is 49.4 Å². The van der Waals surface area contributed by atoms with E-state index in [2.05, 4.69) is 20.3 Å². The number of anilines is 1. The maximum Gasteiger partial charge on any atom is 0.267 e. The van der Waals surface area contributed by atoms with E-state index in [1.807, 2.05) is 12.1 Å². The molecule has 26 heavy (non-hydrogen) atoms. The van der Waals surface area contributed by atoms with E-state index in [1.165, 1.54) is 23.6 Å². The van der Waals surface area contributed by atoms with E-state index in [0.29, 0.717) is 12.5 Å². The summed E-state index contributed by atoms with van der Waals surface area (Å²) in [5.74, 6) is 1.20. The fraction of sp³-hybridized carbons (Fsp3) is 0.474. The highest BCUT2D eigenvalue weighted by Gasteiger charge is 2.25. The van der Waals surface area contributed by atoms with Crippen molar-refractivity contribution in [3.8, 4) is 0 Å². The molecule has 136 valence electrons. The fourth-order valence-corrected chi connectivity index (χ4v) is 3.26. The van der Waals surface area contributed by atoms with Crippen LogP contribution in [0.3, 0.4) is 0 Å². The Hall–Kier alpha value is -2.70. The van der Waals surface area contributed by atoms with Crippen LogP contribution in [0.2, 0.25) is 0 Å². The van der Waals surface area contributed by atoms with Crippen molar-refractivity contribution in [2.75, 3.05) is 18.0 Å². The number of carbonyl (C=O) groups is 1. The molecule has 3 heterocycles. The molecule has 7 nitrogen and oxygen atoms in total. The zero-order valence-corrected chi connectivity index (χ0v) is 14.7. The van der Waals surface area contributed by atoms with Crippen molar-refractivity contribution in [2.45, 2.75) is 44.7 Å². The van der Waals surface area contributed by atoms with Crippen molar-refractivity contribution in [2.24, 2.45) is 0 Å². The summed E-state index contributed by atoms with van der Waals surface area (Å²) < 4.78 is 1.26. The molecule has 1 aliphatic carbocycles. The number of rotatable bonds is 6. The van der Waals surface area contributed by atoms with Gasteiger partial charge in [0.1, 0.15) is 12.4 Å². The van der Waals surface area contributed by atoms with Crippen molar-refractivity contribution < 1.29 is 4.79 Å². The van der Waals surface area contributed by atoms with Crippen LogP contribution in [0.4, 0.5) is 5.82 Å². The van der Waals surface area contributed by atoms with Gasteiger partial charge < -0.3 is 10.2 Å². The van der Waals surface area contributed by atoms with E-state index in [1.54, 1.807) is 12.3 Å². The number of nitrogens with zero attached hydrogens (tertiary/aromatic N) is 4. The highest BCUT2D eigenvalue weighted by atomic mass is 16.2. The summed E-state index contributed by atoms with van der Waals surface area (Å²) in [4.78, 5) is 30.8. The molecule has 1 amide bonds. The number of amides is 1. The van der Waals surface area contributed by atoms with Gasteiger partial charge in [0.25, 0.3) is 5.56 Å². The minimum atomic E-state index is -0.246. The van der Waals surface area contributed by atoms with Crippen molar-refractivity contribution in [1.82, 2.24) is 20.1 Å². The van der Waals surface area contributed by atoms with Gasteiger partial charge in [-0.15, -0.1) is 0 Å². The standard InChI is InChI=1S/C19H23N5O2/c25-18(13-24-19(26)6-5-16(22-24)15-3-4-15)21-12-14-7-8-20-17(11-14)23-9-1-2-10-23/h5-8,11,15H,1-4,9-10,12-13H2,(H,21,25). The van der Waals surface area contributed by atoms with Crippen LogP contribution >= 0.6 is 0 Å². The lowest BCUT2D eigenvalue weighted by Crippen LogP contribution is -2.33. The molecule has 2 aromatic heterocycles. The molecule has 0 bridgehead atoms. The molecule has 0 atom stereocenters. The van der Waals surface area contributed by atoms with Gasteiger partial charge in [0.2, 0.25) is 5.91 Å². The summed E-state index contributed by atoms with van der Waals surface area (Å²) in [6.07, 6.45) is 6.40. The van der Waals surface area contributed by atoms with E-state index < -0.39 is 0 Å². The van der Waals surface area contributed by atoms with Crippen molar-refractivity contribution in [3.05, 3.63) is 52.1 Å². The SMILES string of the molecule is O=C(Cn1nc(C2CC2)ccc1=O)NCc1ccnc(N2CCCC2)c1. The van der Waals surface area contributed by atoms with E-state index >= 15 is 0 Å². The van der Waals surface area contributed by atoms with Crippen LogP contribution in [0.25, 0.3) is 0 Å². The van der Waals surface area contributed by atoms with E-state index in [-0.39, 0.29) is 18.0 Å².